The summed E-state index contributed by atoms with van der Waals surface area (Å²) in [4.78, 5) is 0. The van der Waals surface area contributed by atoms with Crippen molar-refractivity contribution in [2.75, 3.05) is 13.7 Å². The van der Waals surface area contributed by atoms with Crippen LogP contribution in [0.3, 0.4) is 0 Å². The van der Waals surface area contributed by atoms with Gasteiger partial charge in [0.15, 0.2) is 0 Å². The van der Waals surface area contributed by atoms with Gasteiger partial charge in [0, 0.05) is 6.04 Å². The largest absolute Gasteiger partial charge is 0.497 e. The van der Waals surface area contributed by atoms with E-state index in [9.17, 15) is 0 Å². The maximum atomic E-state index is 5.41. The molecule has 2 heteroatoms. The zero-order valence-corrected chi connectivity index (χ0v) is 12.1. The van der Waals surface area contributed by atoms with E-state index in [2.05, 4.69) is 30.4 Å². The van der Waals surface area contributed by atoms with Gasteiger partial charge in [-0.05, 0) is 60.9 Å². The third kappa shape index (κ3) is 2.64. The van der Waals surface area contributed by atoms with Gasteiger partial charge >= 0.3 is 0 Å². The highest BCUT2D eigenvalue weighted by atomic mass is 16.5. The minimum absolute atomic E-state index is 0.543. The molecule has 104 valence electrons. The van der Waals surface area contributed by atoms with Crippen LogP contribution in [0, 0.1) is 11.8 Å². The van der Waals surface area contributed by atoms with Crippen LogP contribution in [0.15, 0.2) is 18.2 Å². The van der Waals surface area contributed by atoms with Crippen LogP contribution in [-0.2, 0) is 6.42 Å². The first-order valence-corrected chi connectivity index (χ1v) is 7.68. The molecule has 1 heterocycles. The number of hydrogen-bond donors (Lipinski definition) is 1. The molecule has 3 atom stereocenters. The van der Waals surface area contributed by atoms with Gasteiger partial charge < -0.3 is 10.1 Å². The molecule has 1 aliphatic carbocycles. The highest BCUT2D eigenvalue weighted by molar-refractivity contribution is 5.39. The molecule has 1 N–H and O–H groups in total. The Morgan fingerprint density at radius 1 is 1.26 bits per heavy atom. The van der Waals surface area contributed by atoms with E-state index in [1.54, 1.807) is 7.11 Å². The van der Waals surface area contributed by atoms with E-state index in [1.807, 2.05) is 0 Å². The topological polar surface area (TPSA) is 21.3 Å². The fraction of sp³-hybridized carbons (Fsp3) is 0.647. The number of nitrogens with one attached hydrogen (secondary N) is 1. The average Bonchev–Trinajstić information content (AvgIpc) is 2.46. The van der Waals surface area contributed by atoms with Crippen LogP contribution in [0.2, 0.25) is 0 Å². The summed E-state index contributed by atoms with van der Waals surface area (Å²) in [6.07, 6.45) is 6.70. The summed E-state index contributed by atoms with van der Waals surface area (Å²) < 4.78 is 5.41. The van der Waals surface area contributed by atoms with Gasteiger partial charge in [0.2, 0.25) is 0 Å². The van der Waals surface area contributed by atoms with Crippen LogP contribution in [0.1, 0.15) is 49.8 Å². The Hall–Kier alpha value is -1.02. The Morgan fingerprint density at radius 2 is 2.16 bits per heavy atom. The van der Waals surface area contributed by atoms with E-state index >= 15 is 0 Å². The number of hydrogen-bond acceptors (Lipinski definition) is 2. The maximum Gasteiger partial charge on any atom is 0.119 e. The van der Waals surface area contributed by atoms with Gasteiger partial charge in [-0.2, -0.15) is 0 Å². The lowest BCUT2D eigenvalue weighted by atomic mass is 9.75. The smallest absolute Gasteiger partial charge is 0.119 e. The van der Waals surface area contributed by atoms with E-state index < -0.39 is 0 Å². The van der Waals surface area contributed by atoms with Gasteiger partial charge in [0.1, 0.15) is 5.75 Å². The zero-order valence-electron chi connectivity index (χ0n) is 12.1. The summed E-state index contributed by atoms with van der Waals surface area (Å²) >= 11 is 0. The van der Waals surface area contributed by atoms with E-state index in [1.165, 1.54) is 36.8 Å². The normalized spacial score (nSPS) is 30.7. The minimum atomic E-state index is 0.543. The average molecular weight is 259 g/mol. The first-order valence-electron chi connectivity index (χ1n) is 7.68. The maximum absolute atomic E-state index is 5.41. The molecule has 1 aliphatic heterocycles. The van der Waals surface area contributed by atoms with Crippen LogP contribution >= 0.6 is 0 Å². The quantitative estimate of drug-likeness (QED) is 0.874. The Labute approximate surface area is 116 Å². The van der Waals surface area contributed by atoms with Crippen LogP contribution in [0.4, 0.5) is 0 Å². The molecule has 0 amide bonds. The SMILES string of the molecule is COc1ccc2c(c1)C(C1CCCC(C)C1)NCC2. The molecule has 3 rings (SSSR count). The summed E-state index contributed by atoms with van der Waals surface area (Å²) in [6.45, 7) is 3.52. The summed E-state index contributed by atoms with van der Waals surface area (Å²) in [7, 11) is 1.76. The van der Waals surface area contributed by atoms with E-state index in [4.69, 9.17) is 4.74 Å². The monoisotopic (exact) mass is 259 g/mol. The Balaban J connectivity index is 1.88. The van der Waals surface area contributed by atoms with E-state index in [0.717, 1.165) is 30.6 Å². The number of ether oxygens (including phenoxy) is 1. The van der Waals surface area contributed by atoms with Crippen molar-refractivity contribution in [3.8, 4) is 5.75 Å². The predicted molar refractivity (Wildman–Crippen MR) is 78.6 cm³/mol. The Kier molecular flexibility index (Phi) is 3.79. The second-order valence-corrected chi connectivity index (χ2v) is 6.28. The minimum Gasteiger partial charge on any atom is -0.497 e. The standard InChI is InChI=1S/C17H25NO/c1-12-4-3-5-14(10-12)17-16-11-15(19-2)7-6-13(16)8-9-18-17/h6-7,11-12,14,17-18H,3-5,8-10H2,1-2H3. The number of fused-ring (bicyclic) bond motifs is 1. The Morgan fingerprint density at radius 3 is 2.95 bits per heavy atom. The molecule has 2 nitrogen and oxygen atoms in total. The van der Waals surface area contributed by atoms with Gasteiger partial charge in [-0.25, -0.2) is 0 Å². The van der Waals surface area contributed by atoms with Gasteiger partial charge in [0.25, 0.3) is 0 Å². The molecule has 3 unspecified atom stereocenters. The molecule has 1 fully saturated rings. The number of methoxy groups -OCH3 is 1. The van der Waals surface area contributed by atoms with Crippen LogP contribution in [0.25, 0.3) is 0 Å². The molecule has 0 radical (unpaired) electrons. The van der Waals surface area contributed by atoms with Crippen molar-refractivity contribution < 1.29 is 4.74 Å². The lowest BCUT2D eigenvalue weighted by Crippen LogP contribution is -2.36. The van der Waals surface area contributed by atoms with Crippen molar-refractivity contribution in [1.29, 1.82) is 0 Å². The number of rotatable bonds is 2. The molecule has 2 aliphatic rings. The van der Waals surface area contributed by atoms with E-state index in [-0.39, 0.29) is 0 Å². The van der Waals surface area contributed by atoms with Crippen molar-refractivity contribution in [3.05, 3.63) is 29.3 Å². The third-order valence-electron chi connectivity index (χ3n) is 4.90. The molecule has 19 heavy (non-hydrogen) atoms. The van der Waals surface area contributed by atoms with Gasteiger partial charge in [-0.3, -0.25) is 0 Å². The summed E-state index contributed by atoms with van der Waals surface area (Å²) in [6, 6.07) is 7.16. The molecule has 1 aromatic rings. The second kappa shape index (κ2) is 5.54. The molecule has 1 aromatic carbocycles. The van der Waals surface area contributed by atoms with Gasteiger partial charge in [0.05, 0.1) is 7.11 Å². The number of benzene rings is 1. The lowest BCUT2D eigenvalue weighted by Gasteiger charge is -2.37. The predicted octanol–water partition coefficient (Wildman–Crippen LogP) is 3.71. The highest BCUT2D eigenvalue weighted by Crippen LogP contribution is 2.40. The molecular weight excluding hydrogens is 234 g/mol. The van der Waals surface area contributed by atoms with Crippen molar-refractivity contribution in [1.82, 2.24) is 5.32 Å². The van der Waals surface area contributed by atoms with Gasteiger partial charge in [-0.1, -0.05) is 25.8 Å². The van der Waals surface area contributed by atoms with Crippen LogP contribution < -0.4 is 10.1 Å². The molecular formula is C17H25NO. The Bertz CT molecular complexity index is 443. The fourth-order valence-electron chi connectivity index (χ4n) is 3.89. The first-order chi connectivity index (χ1) is 9.28. The van der Waals surface area contributed by atoms with E-state index in [0.29, 0.717) is 6.04 Å². The molecule has 0 aromatic heterocycles. The highest BCUT2D eigenvalue weighted by Gasteiger charge is 2.30. The van der Waals surface area contributed by atoms with Crippen molar-refractivity contribution >= 4 is 0 Å². The fourth-order valence-corrected chi connectivity index (χ4v) is 3.89. The first kappa shape index (κ1) is 13.0. The van der Waals surface area contributed by atoms with Gasteiger partial charge in [-0.15, -0.1) is 0 Å². The van der Waals surface area contributed by atoms with Crippen molar-refractivity contribution in [3.63, 3.8) is 0 Å². The molecule has 1 saturated carbocycles. The van der Waals surface area contributed by atoms with Crippen LogP contribution in [-0.4, -0.2) is 13.7 Å². The summed E-state index contributed by atoms with van der Waals surface area (Å²) in [5.41, 5.74) is 3.01. The third-order valence-corrected chi connectivity index (χ3v) is 4.90. The summed E-state index contributed by atoms with van der Waals surface area (Å²) in [5.74, 6) is 2.68. The van der Waals surface area contributed by atoms with Crippen molar-refractivity contribution in [2.45, 2.75) is 45.1 Å². The molecule has 0 saturated heterocycles. The van der Waals surface area contributed by atoms with Crippen molar-refractivity contribution in [2.24, 2.45) is 11.8 Å². The van der Waals surface area contributed by atoms with Crippen LogP contribution in [0.5, 0.6) is 5.75 Å². The summed E-state index contributed by atoms with van der Waals surface area (Å²) in [5, 5.41) is 3.76. The molecule has 0 spiro atoms. The lowest BCUT2D eigenvalue weighted by molar-refractivity contribution is 0.218. The second-order valence-electron chi connectivity index (χ2n) is 6.28. The molecule has 0 bridgehead atoms. The zero-order chi connectivity index (χ0) is 13.2.